The van der Waals surface area contributed by atoms with E-state index in [0.717, 1.165) is 37.4 Å². The van der Waals surface area contributed by atoms with Crippen LogP contribution in [0.3, 0.4) is 0 Å². The number of hydrogen-bond acceptors (Lipinski definition) is 2. The smallest absolute Gasteiger partial charge is 0.120 e. The van der Waals surface area contributed by atoms with Gasteiger partial charge in [0.25, 0.3) is 0 Å². The summed E-state index contributed by atoms with van der Waals surface area (Å²) in [6.07, 6.45) is 0. The van der Waals surface area contributed by atoms with E-state index in [1.807, 2.05) is 36.4 Å². The molecule has 1 unspecified atom stereocenters. The van der Waals surface area contributed by atoms with Crippen molar-refractivity contribution < 1.29 is 4.74 Å². The maximum absolute atomic E-state index is 6.46. The fraction of sp³-hybridized carbons (Fsp3) is 0.250. The van der Waals surface area contributed by atoms with Gasteiger partial charge in [0.05, 0.1) is 18.2 Å². The molecule has 21 heavy (non-hydrogen) atoms. The Balaban J connectivity index is 2.51. The molecular weight excluding hydrogens is 417 g/mol. The molecule has 1 N–H and O–H groups in total. The third kappa shape index (κ3) is 3.81. The summed E-state index contributed by atoms with van der Waals surface area (Å²) in [7, 11) is 1.66. The second-order valence-electron chi connectivity index (χ2n) is 4.52. The van der Waals surface area contributed by atoms with Crippen LogP contribution < -0.4 is 10.1 Å². The van der Waals surface area contributed by atoms with Crippen LogP contribution in [0.2, 0.25) is 5.02 Å². The van der Waals surface area contributed by atoms with Gasteiger partial charge < -0.3 is 10.1 Å². The van der Waals surface area contributed by atoms with Crippen LogP contribution in [0.1, 0.15) is 24.1 Å². The normalized spacial score (nSPS) is 12.2. The molecule has 1 atom stereocenters. The van der Waals surface area contributed by atoms with Gasteiger partial charge in [0.15, 0.2) is 0 Å². The molecule has 2 nitrogen and oxygen atoms in total. The lowest BCUT2D eigenvalue weighted by molar-refractivity contribution is 0.414. The van der Waals surface area contributed by atoms with Crippen molar-refractivity contribution in [1.82, 2.24) is 5.32 Å². The fourth-order valence-corrected chi connectivity index (χ4v) is 3.41. The first-order valence-electron chi connectivity index (χ1n) is 6.59. The molecule has 0 aliphatic heterocycles. The second kappa shape index (κ2) is 7.63. The van der Waals surface area contributed by atoms with Gasteiger partial charge in [-0.1, -0.05) is 52.7 Å². The Bertz CT molecular complexity index is 634. The molecule has 2 aromatic rings. The van der Waals surface area contributed by atoms with Gasteiger partial charge in [0.1, 0.15) is 5.75 Å². The van der Waals surface area contributed by atoms with Gasteiger partial charge in [-0.25, -0.2) is 0 Å². The number of rotatable bonds is 5. The van der Waals surface area contributed by atoms with Crippen molar-refractivity contribution in [1.29, 1.82) is 0 Å². The predicted octanol–water partition coefficient (Wildman–Crippen LogP) is 5.57. The number of benzene rings is 2. The van der Waals surface area contributed by atoms with E-state index in [1.165, 1.54) is 0 Å². The van der Waals surface area contributed by atoms with Crippen LogP contribution >= 0.6 is 43.5 Å². The van der Waals surface area contributed by atoms with E-state index in [9.17, 15) is 0 Å². The molecule has 0 bridgehead atoms. The van der Waals surface area contributed by atoms with Crippen molar-refractivity contribution in [3.05, 3.63) is 61.5 Å². The van der Waals surface area contributed by atoms with Crippen molar-refractivity contribution in [2.24, 2.45) is 0 Å². The first kappa shape index (κ1) is 16.8. The van der Waals surface area contributed by atoms with Crippen molar-refractivity contribution in [2.45, 2.75) is 13.0 Å². The topological polar surface area (TPSA) is 21.3 Å². The van der Waals surface area contributed by atoms with Gasteiger partial charge in [-0.15, -0.1) is 0 Å². The highest BCUT2D eigenvalue weighted by Gasteiger charge is 2.19. The Labute approximate surface area is 147 Å². The lowest BCUT2D eigenvalue weighted by atomic mass is 9.98. The summed E-state index contributed by atoms with van der Waals surface area (Å²) in [4.78, 5) is 0. The van der Waals surface area contributed by atoms with E-state index in [1.54, 1.807) is 7.11 Å². The van der Waals surface area contributed by atoms with E-state index < -0.39 is 0 Å². The summed E-state index contributed by atoms with van der Waals surface area (Å²) in [6, 6.07) is 12.0. The Kier molecular flexibility index (Phi) is 6.11. The van der Waals surface area contributed by atoms with Crippen LogP contribution in [0.25, 0.3) is 0 Å². The summed E-state index contributed by atoms with van der Waals surface area (Å²) in [5.74, 6) is 0.821. The molecule has 2 rings (SSSR count). The van der Waals surface area contributed by atoms with Crippen molar-refractivity contribution in [3.8, 4) is 5.75 Å². The average Bonchev–Trinajstić information content (AvgIpc) is 2.48. The summed E-state index contributed by atoms with van der Waals surface area (Å²) in [5, 5.41) is 4.21. The first-order valence-corrected chi connectivity index (χ1v) is 8.55. The van der Waals surface area contributed by atoms with Gasteiger partial charge in [0.2, 0.25) is 0 Å². The molecule has 2 aromatic carbocycles. The highest BCUT2D eigenvalue weighted by Crippen LogP contribution is 2.37. The quantitative estimate of drug-likeness (QED) is 0.665. The minimum Gasteiger partial charge on any atom is -0.497 e. The van der Waals surface area contributed by atoms with Crippen molar-refractivity contribution in [2.75, 3.05) is 13.7 Å². The molecular formula is C16H16Br2ClNO. The van der Waals surface area contributed by atoms with E-state index in [0.29, 0.717) is 0 Å². The summed E-state index contributed by atoms with van der Waals surface area (Å²) < 4.78 is 7.14. The van der Waals surface area contributed by atoms with Gasteiger partial charge in [-0.2, -0.15) is 0 Å². The molecule has 0 spiro atoms. The second-order valence-corrected chi connectivity index (χ2v) is 6.61. The van der Waals surface area contributed by atoms with Crippen LogP contribution in [-0.2, 0) is 0 Å². The zero-order valence-electron chi connectivity index (χ0n) is 11.8. The zero-order chi connectivity index (χ0) is 15.4. The minimum atomic E-state index is 0.0141. The SMILES string of the molecule is CCNC(c1ccc(OC)cc1Br)c1cccc(Br)c1Cl. The molecule has 0 aliphatic carbocycles. The Morgan fingerprint density at radius 2 is 1.90 bits per heavy atom. The number of ether oxygens (including phenoxy) is 1. The average molecular weight is 434 g/mol. The van der Waals surface area contributed by atoms with Crippen LogP contribution in [0.15, 0.2) is 45.3 Å². The third-order valence-corrected chi connectivity index (χ3v) is 5.22. The molecule has 0 heterocycles. The van der Waals surface area contributed by atoms with E-state index in [4.69, 9.17) is 16.3 Å². The van der Waals surface area contributed by atoms with Crippen LogP contribution in [0.4, 0.5) is 0 Å². The van der Waals surface area contributed by atoms with Crippen molar-refractivity contribution >= 4 is 43.5 Å². The van der Waals surface area contributed by atoms with E-state index >= 15 is 0 Å². The Hall–Kier alpha value is -0.550. The lowest BCUT2D eigenvalue weighted by Gasteiger charge is -2.22. The lowest BCUT2D eigenvalue weighted by Crippen LogP contribution is -2.22. The largest absolute Gasteiger partial charge is 0.497 e. The van der Waals surface area contributed by atoms with Gasteiger partial charge in [-0.3, -0.25) is 0 Å². The summed E-state index contributed by atoms with van der Waals surface area (Å²) in [6.45, 7) is 2.92. The number of methoxy groups -OCH3 is 1. The number of hydrogen-bond donors (Lipinski definition) is 1. The van der Waals surface area contributed by atoms with Crippen LogP contribution in [0, 0.1) is 0 Å². The molecule has 0 fully saturated rings. The highest BCUT2D eigenvalue weighted by atomic mass is 79.9. The molecule has 0 aliphatic rings. The molecule has 0 saturated heterocycles. The third-order valence-electron chi connectivity index (χ3n) is 3.22. The van der Waals surface area contributed by atoms with Crippen LogP contribution in [0.5, 0.6) is 5.75 Å². The molecule has 0 aromatic heterocycles. The zero-order valence-corrected chi connectivity index (χ0v) is 15.7. The molecule has 5 heteroatoms. The van der Waals surface area contributed by atoms with E-state index in [2.05, 4.69) is 44.1 Å². The van der Waals surface area contributed by atoms with Crippen LogP contribution in [-0.4, -0.2) is 13.7 Å². The Morgan fingerprint density at radius 1 is 1.14 bits per heavy atom. The standard InChI is InChI=1S/C16H16Br2ClNO/c1-3-20-16(12-5-4-6-13(17)15(12)19)11-8-7-10(21-2)9-14(11)18/h4-9,16,20H,3H2,1-2H3. The number of halogens is 3. The maximum Gasteiger partial charge on any atom is 0.120 e. The minimum absolute atomic E-state index is 0.0141. The molecule has 0 radical (unpaired) electrons. The van der Waals surface area contributed by atoms with Gasteiger partial charge in [-0.05, 0) is 51.8 Å². The van der Waals surface area contributed by atoms with Gasteiger partial charge >= 0.3 is 0 Å². The molecule has 0 saturated carbocycles. The van der Waals surface area contributed by atoms with Gasteiger partial charge in [0, 0.05) is 8.95 Å². The Morgan fingerprint density at radius 3 is 2.52 bits per heavy atom. The maximum atomic E-state index is 6.46. The summed E-state index contributed by atoms with van der Waals surface area (Å²) >= 11 is 13.6. The molecule has 112 valence electrons. The highest BCUT2D eigenvalue weighted by molar-refractivity contribution is 9.10. The predicted molar refractivity (Wildman–Crippen MR) is 95.4 cm³/mol. The fourth-order valence-electron chi connectivity index (χ4n) is 2.20. The monoisotopic (exact) mass is 431 g/mol. The van der Waals surface area contributed by atoms with E-state index in [-0.39, 0.29) is 6.04 Å². The van der Waals surface area contributed by atoms with Crippen molar-refractivity contribution in [3.63, 3.8) is 0 Å². The number of nitrogens with one attached hydrogen (secondary N) is 1. The molecule has 0 amide bonds. The first-order chi connectivity index (χ1) is 10.1. The summed E-state index contributed by atoms with van der Waals surface area (Å²) in [5.41, 5.74) is 2.16.